The van der Waals surface area contributed by atoms with Crippen molar-refractivity contribution in [2.45, 2.75) is 58.2 Å². The van der Waals surface area contributed by atoms with Gasteiger partial charge in [-0.15, -0.1) is 0 Å². The molecule has 0 unspecified atom stereocenters. The fourth-order valence-electron chi connectivity index (χ4n) is 4.62. The van der Waals surface area contributed by atoms with Crippen LogP contribution in [0.4, 0.5) is 5.69 Å². The molecule has 0 radical (unpaired) electrons. The highest BCUT2D eigenvalue weighted by Gasteiger charge is 2.31. The SMILES string of the molecule is CC[C@H](C)NC(=O)[C@H](Cc1ccccc1)N(Cc1ccccc1Cl)C(=O)CCCN(c1ccccc1OC)S(C)(=O)=O. The van der Waals surface area contributed by atoms with Crippen LogP contribution in [0.3, 0.4) is 0 Å². The topological polar surface area (TPSA) is 96.0 Å². The lowest BCUT2D eigenvalue weighted by Crippen LogP contribution is -2.52. The summed E-state index contributed by atoms with van der Waals surface area (Å²) in [7, 11) is -2.18. The summed E-state index contributed by atoms with van der Waals surface area (Å²) < 4.78 is 32.1. The molecule has 10 heteroatoms. The lowest BCUT2D eigenvalue weighted by molar-refractivity contribution is -0.141. The Hall–Kier alpha value is -3.56. The second-order valence-electron chi connectivity index (χ2n) is 10.2. The summed E-state index contributed by atoms with van der Waals surface area (Å²) in [6.07, 6.45) is 2.43. The van der Waals surface area contributed by atoms with Crippen LogP contribution in [0, 0.1) is 0 Å². The molecule has 0 saturated carbocycles. The molecule has 2 amide bonds. The highest BCUT2D eigenvalue weighted by Crippen LogP contribution is 2.30. The number of nitrogens with zero attached hydrogens (tertiary/aromatic N) is 2. The third kappa shape index (κ3) is 9.22. The molecular weight excluding hydrogens is 574 g/mol. The number of benzene rings is 3. The molecule has 3 aromatic rings. The number of hydrogen-bond donors (Lipinski definition) is 1. The molecule has 0 aliphatic carbocycles. The van der Waals surface area contributed by atoms with Gasteiger partial charge in [0, 0.05) is 37.0 Å². The summed E-state index contributed by atoms with van der Waals surface area (Å²) >= 11 is 6.49. The molecule has 0 aliphatic rings. The van der Waals surface area contributed by atoms with Crippen LogP contribution in [0.25, 0.3) is 0 Å². The van der Waals surface area contributed by atoms with Crippen LogP contribution in [0.15, 0.2) is 78.9 Å². The summed E-state index contributed by atoms with van der Waals surface area (Å²) in [6.45, 7) is 4.11. The zero-order valence-electron chi connectivity index (χ0n) is 24.6. The standard InChI is InChI=1S/C32H40ClN3O5S/c1-5-24(2)34-32(38)29(22-25-14-7-6-8-15-25)35(23-26-16-9-10-17-27(26)33)31(37)20-13-21-36(42(4,39)40)28-18-11-12-19-30(28)41-3/h6-12,14-19,24,29H,5,13,20-23H2,1-4H3,(H,34,38)/t24-,29-/m0/s1. The molecule has 0 fully saturated rings. The molecule has 3 rings (SSSR count). The summed E-state index contributed by atoms with van der Waals surface area (Å²) in [5.74, 6) is -0.108. The first kappa shape index (κ1) is 32.9. The van der Waals surface area contributed by atoms with Crippen molar-refractivity contribution >= 4 is 39.1 Å². The van der Waals surface area contributed by atoms with Gasteiger partial charge in [0.25, 0.3) is 0 Å². The first-order valence-corrected chi connectivity index (χ1v) is 16.3. The zero-order valence-corrected chi connectivity index (χ0v) is 26.2. The van der Waals surface area contributed by atoms with Crippen molar-refractivity contribution in [3.63, 3.8) is 0 Å². The van der Waals surface area contributed by atoms with Crippen LogP contribution in [-0.2, 0) is 32.6 Å². The Labute approximate surface area is 254 Å². The van der Waals surface area contributed by atoms with Gasteiger partial charge in [-0.1, -0.05) is 79.2 Å². The lowest BCUT2D eigenvalue weighted by Gasteiger charge is -2.33. The van der Waals surface area contributed by atoms with E-state index in [1.165, 1.54) is 11.4 Å². The Kier molecular flexibility index (Phi) is 12.2. The summed E-state index contributed by atoms with van der Waals surface area (Å²) in [5, 5.41) is 3.54. The van der Waals surface area contributed by atoms with Crippen molar-refractivity contribution in [2.24, 2.45) is 0 Å². The Morgan fingerprint density at radius 1 is 0.976 bits per heavy atom. The number of halogens is 1. The number of amides is 2. The second-order valence-corrected chi connectivity index (χ2v) is 12.6. The van der Waals surface area contributed by atoms with Gasteiger partial charge in [-0.2, -0.15) is 0 Å². The molecule has 0 spiro atoms. The monoisotopic (exact) mass is 613 g/mol. The Morgan fingerprint density at radius 2 is 1.62 bits per heavy atom. The van der Waals surface area contributed by atoms with Gasteiger partial charge in [-0.05, 0) is 49.1 Å². The van der Waals surface area contributed by atoms with E-state index in [1.807, 2.05) is 62.4 Å². The molecule has 1 N–H and O–H groups in total. The Bertz CT molecular complexity index is 1430. The highest BCUT2D eigenvalue weighted by molar-refractivity contribution is 7.92. The van der Waals surface area contributed by atoms with Gasteiger partial charge >= 0.3 is 0 Å². The number of rotatable bonds is 15. The van der Waals surface area contributed by atoms with Crippen LogP contribution in [0.2, 0.25) is 5.02 Å². The Morgan fingerprint density at radius 3 is 2.26 bits per heavy atom. The Balaban J connectivity index is 1.91. The highest BCUT2D eigenvalue weighted by atomic mass is 35.5. The van der Waals surface area contributed by atoms with Gasteiger partial charge in [0.1, 0.15) is 11.8 Å². The van der Waals surface area contributed by atoms with E-state index in [-0.39, 0.29) is 43.8 Å². The van der Waals surface area contributed by atoms with Crippen LogP contribution in [-0.4, -0.2) is 57.1 Å². The van der Waals surface area contributed by atoms with Crippen molar-refractivity contribution in [3.05, 3.63) is 95.0 Å². The van der Waals surface area contributed by atoms with Gasteiger partial charge in [-0.3, -0.25) is 13.9 Å². The normalized spacial score (nSPS) is 12.7. The van der Waals surface area contributed by atoms with Gasteiger partial charge in [0.2, 0.25) is 21.8 Å². The zero-order chi connectivity index (χ0) is 30.7. The molecule has 0 bridgehead atoms. The number of carbonyl (C=O) groups is 2. The predicted molar refractivity (Wildman–Crippen MR) is 168 cm³/mol. The van der Waals surface area contributed by atoms with E-state index < -0.39 is 16.1 Å². The lowest BCUT2D eigenvalue weighted by atomic mass is 10.0. The number of sulfonamides is 1. The molecule has 0 aliphatic heterocycles. The molecule has 0 aromatic heterocycles. The third-order valence-electron chi connectivity index (χ3n) is 7.08. The van der Waals surface area contributed by atoms with E-state index in [1.54, 1.807) is 35.2 Å². The third-order valence-corrected chi connectivity index (χ3v) is 8.63. The maximum atomic E-state index is 14.0. The van der Waals surface area contributed by atoms with Crippen molar-refractivity contribution < 1.29 is 22.7 Å². The van der Waals surface area contributed by atoms with E-state index in [2.05, 4.69) is 5.32 Å². The van der Waals surface area contributed by atoms with Crippen LogP contribution >= 0.6 is 11.6 Å². The number of ether oxygens (including phenoxy) is 1. The molecule has 2 atom stereocenters. The van der Waals surface area contributed by atoms with Gasteiger partial charge in [-0.25, -0.2) is 8.42 Å². The quantitative estimate of drug-likeness (QED) is 0.246. The minimum atomic E-state index is -3.66. The molecular formula is C32H40ClN3O5S. The fourth-order valence-corrected chi connectivity index (χ4v) is 5.79. The van der Waals surface area contributed by atoms with Gasteiger partial charge in [0.05, 0.1) is 19.1 Å². The van der Waals surface area contributed by atoms with Gasteiger partial charge in [0.15, 0.2) is 0 Å². The number of anilines is 1. The van der Waals surface area contributed by atoms with Gasteiger partial charge < -0.3 is 15.0 Å². The van der Waals surface area contributed by atoms with E-state index in [0.29, 0.717) is 28.4 Å². The summed E-state index contributed by atoms with van der Waals surface area (Å²) in [5.41, 5.74) is 2.03. The van der Waals surface area contributed by atoms with Crippen molar-refractivity contribution in [3.8, 4) is 5.75 Å². The molecule has 3 aromatic carbocycles. The smallest absolute Gasteiger partial charge is 0.243 e. The first-order chi connectivity index (χ1) is 20.0. The van der Waals surface area contributed by atoms with E-state index >= 15 is 0 Å². The minimum Gasteiger partial charge on any atom is -0.495 e. The molecule has 0 heterocycles. The molecule has 8 nitrogen and oxygen atoms in total. The van der Waals surface area contributed by atoms with E-state index in [4.69, 9.17) is 16.3 Å². The summed E-state index contributed by atoms with van der Waals surface area (Å²) in [4.78, 5) is 29.2. The largest absolute Gasteiger partial charge is 0.495 e. The predicted octanol–water partition coefficient (Wildman–Crippen LogP) is 5.45. The number of carbonyl (C=O) groups excluding carboxylic acids is 2. The maximum absolute atomic E-state index is 14.0. The van der Waals surface area contributed by atoms with Crippen LogP contribution < -0.4 is 14.4 Å². The molecule has 0 saturated heterocycles. The average Bonchev–Trinajstić information content (AvgIpc) is 2.97. The van der Waals surface area contributed by atoms with Crippen LogP contribution in [0.1, 0.15) is 44.2 Å². The van der Waals surface area contributed by atoms with E-state index in [0.717, 1.165) is 18.2 Å². The molecule has 42 heavy (non-hydrogen) atoms. The first-order valence-electron chi connectivity index (χ1n) is 14.0. The number of methoxy groups -OCH3 is 1. The average molecular weight is 614 g/mol. The molecule has 226 valence electrons. The number of hydrogen-bond acceptors (Lipinski definition) is 5. The van der Waals surface area contributed by atoms with Crippen molar-refractivity contribution in [1.29, 1.82) is 0 Å². The maximum Gasteiger partial charge on any atom is 0.243 e. The fraction of sp³-hybridized carbons (Fsp3) is 0.375. The van der Waals surface area contributed by atoms with E-state index in [9.17, 15) is 18.0 Å². The number of nitrogens with one attached hydrogen (secondary N) is 1. The minimum absolute atomic E-state index is 0.0214. The van der Waals surface area contributed by atoms with Crippen LogP contribution in [0.5, 0.6) is 5.75 Å². The van der Waals surface area contributed by atoms with Crippen molar-refractivity contribution in [2.75, 3.05) is 24.2 Å². The number of para-hydroxylation sites is 2. The summed E-state index contributed by atoms with van der Waals surface area (Å²) in [6, 6.07) is 22.8. The second kappa shape index (κ2) is 15.6. The van der Waals surface area contributed by atoms with Crippen molar-refractivity contribution in [1.82, 2.24) is 10.2 Å².